The lowest BCUT2D eigenvalue weighted by Gasteiger charge is -2.16. The summed E-state index contributed by atoms with van der Waals surface area (Å²) in [6.45, 7) is 4.09. The van der Waals surface area contributed by atoms with Crippen LogP contribution in [-0.4, -0.2) is 16.2 Å². The van der Waals surface area contributed by atoms with Crippen LogP contribution >= 0.6 is 0 Å². The Bertz CT molecular complexity index is 235. The zero-order chi connectivity index (χ0) is 9.68. The Hall–Kier alpha value is -0.890. The van der Waals surface area contributed by atoms with E-state index in [-0.39, 0.29) is 6.10 Å². The van der Waals surface area contributed by atoms with Crippen LogP contribution < -0.4 is 0 Å². The van der Waals surface area contributed by atoms with Gasteiger partial charge in [0.25, 0.3) is 0 Å². The molecule has 0 saturated heterocycles. The van der Waals surface area contributed by atoms with Crippen molar-refractivity contribution in [1.82, 2.24) is 4.98 Å². The molecule has 13 heavy (non-hydrogen) atoms. The summed E-state index contributed by atoms with van der Waals surface area (Å²) in [6, 6.07) is 4.00. The van der Waals surface area contributed by atoms with Crippen molar-refractivity contribution in [2.45, 2.75) is 32.8 Å². The molecule has 0 aromatic carbocycles. The molecule has 0 bridgehead atoms. The molecule has 0 saturated carbocycles. The minimum atomic E-state index is -0.187. The molecule has 0 aliphatic heterocycles. The third kappa shape index (κ3) is 3.15. The number of aliphatic hydroxyl groups is 1. The average Bonchev–Trinajstić information content (AvgIpc) is 2.18. The van der Waals surface area contributed by atoms with Gasteiger partial charge in [0.2, 0.25) is 0 Å². The van der Waals surface area contributed by atoms with E-state index in [1.807, 2.05) is 19.1 Å². The lowest BCUT2D eigenvalue weighted by molar-refractivity contribution is 0.113. The molecular formula is C11H17NO. The van der Waals surface area contributed by atoms with Crippen LogP contribution in [0.4, 0.5) is 0 Å². The molecule has 0 spiro atoms. The van der Waals surface area contributed by atoms with Crippen molar-refractivity contribution in [3.63, 3.8) is 0 Å². The Kier molecular flexibility index (Phi) is 3.90. The molecule has 1 N–H and O–H groups in total. The summed E-state index contributed by atoms with van der Waals surface area (Å²) in [7, 11) is 0. The maximum absolute atomic E-state index is 9.57. The van der Waals surface area contributed by atoms with E-state index in [1.165, 1.54) is 5.56 Å². The summed E-state index contributed by atoms with van der Waals surface area (Å²) in [5, 5.41) is 9.57. The van der Waals surface area contributed by atoms with Gasteiger partial charge in [-0.25, -0.2) is 0 Å². The van der Waals surface area contributed by atoms with E-state index >= 15 is 0 Å². The fourth-order valence-corrected chi connectivity index (χ4v) is 1.43. The predicted octanol–water partition coefficient (Wildman–Crippen LogP) is 2.03. The summed E-state index contributed by atoms with van der Waals surface area (Å²) in [5.74, 6) is 0.326. The van der Waals surface area contributed by atoms with E-state index in [2.05, 4.69) is 11.9 Å². The van der Waals surface area contributed by atoms with Gasteiger partial charge in [0.1, 0.15) is 0 Å². The first-order valence-corrected chi connectivity index (χ1v) is 4.81. The second-order valence-corrected chi connectivity index (χ2v) is 3.51. The van der Waals surface area contributed by atoms with Gasteiger partial charge in [0.15, 0.2) is 0 Å². The molecule has 1 rings (SSSR count). The number of nitrogens with zero attached hydrogens (tertiary/aromatic N) is 1. The first-order valence-electron chi connectivity index (χ1n) is 4.81. The molecule has 2 atom stereocenters. The van der Waals surface area contributed by atoms with Crippen molar-refractivity contribution < 1.29 is 5.11 Å². The Balaban J connectivity index is 2.50. The number of hydrogen-bond acceptors (Lipinski definition) is 2. The maximum Gasteiger partial charge on any atom is 0.0566 e. The van der Waals surface area contributed by atoms with Crippen molar-refractivity contribution in [2.75, 3.05) is 0 Å². The molecule has 72 valence electrons. The van der Waals surface area contributed by atoms with Crippen LogP contribution in [0, 0.1) is 5.92 Å². The summed E-state index contributed by atoms with van der Waals surface area (Å²) >= 11 is 0. The number of aromatic nitrogens is 1. The second-order valence-electron chi connectivity index (χ2n) is 3.51. The molecule has 2 nitrogen and oxygen atoms in total. The third-order valence-corrected chi connectivity index (χ3v) is 2.38. The summed E-state index contributed by atoms with van der Waals surface area (Å²) in [5.41, 5.74) is 1.25. The van der Waals surface area contributed by atoms with Gasteiger partial charge < -0.3 is 5.11 Å². The maximum atomic E-state index is 9.57. The van der Waals surface area contributed by atoms with Crippen molar-refractivity contribution in [1.29, 1.82) is 0 Å². The van der Waals surface area contributed by atoms with Gasteiger partial charge in [-0.3, -0.25) is 4.98 Å². The predicted molar refractivity (Wildman–Crippen MR) is 53.4 cm³/mol. The highest BCUT2D eigenvalue weighted by molar-refractivity contribution is 5.10. The minimum absolute atomic E-state index is 0.187. The molecule has 0 radical (unpaired) electrons. The molecule has 2 heteroatoms. The lowest BCUT2D eigenvalue weighted by Crippen LogP contribution is -2.18. The Morgan fingerprint density at radius 2 is 2.00 bits per heavy atom. The van der Waals surface area contributed by atoms with Crippen LogP contribution in [0.5, 0.6) is 0 Å². The van der Waals surface area contributed by atoms with E-state index in [4.69, 9.17) is 0 Å². The van der Waals surface area contributed by atoms with Gasteiger partial charge in [0.05, 0.1) is 6.10 Å². The average molecular weight is 179 g/mol. The van der Waals surface area contributed by atoms with Gasteiger partial charge in [0, 0.05) is 12.4 Å². The molecule has 2 unspecified atom stereocenters. The second kappa shape index (κ2) is 4.97. The smallest absolute Gasteiger partial charge is 0.0566 e. The van der Waals surface area contributed by atoms with E-state index in [1.54, 1.807) is 12.4 Å². The highest BCUT2D eigenvalue weighted by atomic mass is 16.3. The number of pyridine rings is 1. The molecule has 1 aromatic rings. The van der Waals surface area contributed by atoms with Crippen LogP contribution in [0.2, 0.25) is 0 Å². The SMILES string of the molecule is CCC(O)C(C)Cc1ccncc1. The monoisotopic (exact) mass is 179 g/mol. The van der Waals surface area contributed by atoms with Crippen LogP contribution in [-0.2, 0) is 6.42 Å². The standard InChI is InChI=1S/C11H17NO/c1-3-11(13)9(2)8-10-4-6-12-7-5-10/h4-7,9,11,13H,3,8H2,1-2H3. The van der Waals surface area contributed by atoms with Gasteiger partial charge in [-0.2, -0.15) is 0 Å². The normalized spacial score (nSPS) is 15.3. The third-order valence-electron chi connectivity index (χ3n) is 2.38. The fourth-order valence-electron chi connectivity index (χ4n) is 1.43. The first-order chi connectivity index (χ1) is 6.24. The zero-order valence-corrected chi connectivity index (χ0v) is 8.27. The van der Waals surface area contributed by atoms with Crippen LogP contribution in [0.3, 0.4) is 0 Å². The number of hydrogen-bond donors (Lipinski definition) is 1. The van der Waals surface area contributed by atoms with E-state index < -0.39 is 0 Å². The summed E-state index contributed by atoms with van der Waals surface area (Å²) < 4.78 is 0. The highest BCUT2D eigenvalue weighted by Crippen LogP contribution is 2.13. The first kappa shape index (κ1) is 10.2. The van der Waals surface area contributed by atoms with Crippen molar-refractivity contribution in [3.8, 4) is 0 Å². The Labute approximate surface area is 79.6 Å². The van der Waals surface area contributed by atoms with Gasteiger partial charge in [-0.1, -0.05) is 13.8 Å². The van der Waals surface area contributed by atoms with Gasteiger partial charge in [-0.05, 0) is 36.5 Å². The molecule has 0 amide bonds. The molecule has 0 aliphatic rings. The molecule has 0 aliphatic carbocycles. The van der Waals surface area contributed by atoms with Crippen molar-refractivity contribution in [3.05, 3.63) is 30.1 Å². The number of aliphatic hydroxyl groups excluding tert-OH is 1. The molecule has 1 aromatic heterocycles. The lowest BCUT2D eigenvalue weighted by atomic mass is 9.95. The van der Waals surface area contributed by atoms with Crippen LogP contribution in [0.15, 0.2) is 24.5 Å². The minimum Gasteiger partial charge on any atom is -0.393 e. The van der Waals surface area contributed by atoms with Crippen molar-refractivity contribution >= 4 is 0 Å². The fraction of sp³-hybridized carbons (Fsp3) is 0.545. The van der Waals surface area contributed by atoms with Crippen LogP contribution in [0.25, 0.3) is 0 Å². The van der Waals surface area contributed by atoms with E-state index in [0.29, 0.717) is 5.92 Å². The van der Waals surface area contributed by atoms with Crippen molar-refractivity contribution in [2.24, 2.45) is 5.92 Å². The van der Waals surface area contributed by atoms with Crippen LogP contribution in [0.1, 0.15) is 25.8 Å². The Morgan fingerprint density at radius 1 is 1.38 bits per heavy atom. The summed E-state index contributed by atoms with van der Waals surface area (Å²) in [6.07, 6.45) is 5.15. The largest absolute Gasteiger partial charge is 0.393 e. The molecular weight excluding hydrogens is 162 g/mol. The van der Waals surface area contributed by atoms with E-state index in [9.17, 15) is 5.11 Å². The molecule has 1 heterocycles. The van der Waals surface area contributed by atoms with E-state index in [0.717, 1.165) is 12.8 Å². The Morgan fingerprint density at radius 3 is 2.54 bits per heavy atom. The van der Waals surface area contributed by atoms with Gasteiger partial charge in [-0.15, -0.1) is 0 Å². The number of rotatable bonds is 4. The summed E-state index contributed by atoms with van der Waals surface area (Å²) in [4.78, 5) is 3.96. The zero-order valence-electron chi connectivity index (χ0n) is 8.27. The van der Waals surface area contributed by atoms with Gasteiger partial charge >= 0.3 is 0 Å². The quantitative estimate of drug-likeness (QED) is 0.767. The highest BCUT2D eigenvalue weighted by Gasteiger charge is 2.11. The topological polar surface area (TPSA) is 33.1 Å². The molecule has 0 fully saturated rings.